The average molecular weight is 705 g/mol. The number of aliphatic imine (C=N–C) groups is 2. The summed E-state index contributed by atoms with van der Waals surface area (Å²) in [7, 11) is 11.0. The van der Waals surface area contributed by atoms with Crippen LogP contribution in [-0.2, 0) is 6.67 Å². The Labute approximate surface area is 326 Å². The molecular weight excluding hydrogens is 665 g/mol. The van der Waals surface area contributed by atoms with Crippen molar-refractivity contribution in [2.24, 2.45) is 15.7 Å². The van der Waals surface area contributed by atoms with Gasteiger partial charge >= 0.3 is 0 Å². The Bertz CT molecular complexity index is 2920. The van der Waals surface area contributed by atoms with Gasteiger partial charge in [0.2, 0.25) is 0 Å². The highest BCUT2D eigenvalue weighted by atomic mass is 15.1. The Morgan fingerprint density at radius 2 is 1.20 bits per heavy atom. The zero-order chi connectivity index (χ0) is 37.8. The largest absolute Gasteiger partial charge is 0.383 e. The van der Waals surface area contributed by atoms with E-state index in [1.165, 1.54) is 65.5 Å². The number of nitrogens with two attached hydrogens (primary N) is 1. The summed E-state index contributed by atoms with van der Waals surface area (Å²) in [6.07, 6.45) is 9.04. The normalized spacial score (nSPS) is 13.7. The first-order valence-corrected chi connectivity index (χ1v) is 19.2. The molecule has 0 saturated carbocycles. The van der Waals surface area contributed by atoms with Crippen LogP contribution in [0.4, 0.5) is 0 Å². The summed E-state index contributed by atoms with van der Waals surface area (Å²) < 4.78 is 4.82. The topological polar surface area (TPSA) is 60.6 Å². The van der Waals surface area contributed by atoms with Crippen LogP contribution in [0.1, 0.15) is 29.5 Å². The molecule has 0 saturated heterocycles. The third-order valence-corrected chi connectivity index (χ3v) is 11.9. The molecule has 0 atom stereocenters. The predicted octanol–water partition coefficient (Wildman–Crippen LogP) is 1.73. The number of allylic oxidation sites excluding steroid dienone is 4. The van der Waals surface area contributed by atoms with Crippen LogP contribution in [-0.4, -0.2) is 60.0 Å². The van der Waals surface area contributed by atoms with Gasteiger partial charge in [-0.15, -0.1) is 16.4 Å². The standard InChI is InChI=1S/C45H40B5N5/c46-37-36(38(47)40(49)41(50)39(37)48)45(53-44(51)28-13-5-2-6-14-28)52-25-54-34-17-9-7-15-30(34)32-23-24-33-31-16-8-10-18-35(31)55(43(33)42(32)54)29-21-19-27(20-22-29)26-11-3-1-4-12-26/h2-3,5-24H,1,4,25,46-50H2,(H2,51,52,53). The quantitative estimate of drug-likeness (QED) is 0.160. The van der Waals surface area contributed by atoms with E-state index >= 15 is 0 Å². The number of aromatic nitrogens is 2. The SMILES string of the molecule is Bc1c(B)c(B)c(C(/N=C(\N)c2ccccc2)=N/Cn2c3ccccc3c3ccc4c5ccccc5n(-c5ccc(C6=CCCC=C6)cc5)c4c32)c(B)c1B. The van der Waals surface area contributed by atoms with Gasteiger partial charge in [0.1, 0.15) is 51.7 Å². The van der Waals surface area contributed by atoms with E-state index in [0.717, 1.165) is 46.2 Å². The number of rotatable bonds is 6. The van der Waals surface area contributed by atoms with E-state index < -0.39 is 0 Å². The lowest BCUT2D eigenvalue weighted by Crippen LogP contribution is -2.57. The maximum absolute atomic E-state index is 6.78. The lowest BCUT2D eigenvalue weighted by atomic mass is 9.60. The molecule has 260 valence electrons. The molecule has 9 rings (SSSR count). The molecule has 0 fully saturated rings. The van der Waals surface area contributed by atoms with E-state index in [9.17, 15) is 0 Å². The van der Waals surface area contributed by atoms with Crippen LogP contribution in [0.3, 0.4) is 0 Å². The van der Waals surface area contributed by atoms with E-state index in [0.29, 0.717) is 18.3 Å². The van der Waals surface area contributed by atoms with Crippen molar-refractivity contribution in [3.05, 3.63) is 150 Å². The molecule has 0 radical (unpaired) electrons. The number of nitrogens with zero attached hydrogens (tertiary/aromatic N) is 4. The second kappa shape index (κ2) is 13.9. The molecule has 0 bridgehead atoms. The van der Waals surface area contributed by atoms with Gasteiger partial charge in [-0.1, -0.05) is 120 Å². The van der Waals surface area contributed by atoms with Crippen molar-refractivity contribution in [2.75, 3.05) is 0 Å². The lowest BCUT2D eigenvalue weighted by Gasteiger charge is -2.20. The number of hydrogen-bond acceptors (Lipinski definition) is 1. The van der Waals surface area contributed by atoms with Gasteiger partial charge in [0, 0.05) is 38.4 Å². The summed E-state index contributed by atoms with van der Waals surface area (Å²) >= 11 is 0. The van der Waals surface area contributed by atoms with Crippen molar-refractivity contribution < 1.29 is 0 Å². The summed E-state index contributed by atoms with van der Waals surface area (Å²) in [6.45, 7) is 0.357. The van der Waals surface area contributed by atoms with Crippen molar-refractivity contribution in [2.45, 2.75) is 19.5 Å². The maximum atomic E-state index is 6.78. The van der Waals surface area contributed by atoms with E-state index in [1.54, 1.807) is 0 Å². The van der Waals surface area contributed by atoms with Crippen LogP contribution in [0.5, 0.6) is 0 Å². The van der Waals surface area contributed by atoms with Gasteiger partial charge in [-0.05, 0) is 48.2 Å². The Morgan fingerprint density at radius 1 is 0.600 bits per heavy atom. The van der Waals surface area contributed by atoms with Crippen LogP contribution in [0.25, 0.3) is 54.9 Å². The van der Waals surface area contributed by atoms with E-state index in [1.807, 2.05) is 30.3 Å². The summed E-state index contributed by atoms with van der Waals surface area (Å²) in [5.41, 5.74) is 23.1. The molecular formula is C45H40B5N5. The van der Waals surface area contributed by atoms with E-state index in [2.05, 4.69) is 152 Å². The fourth-order valence-corrected chi connectivity index (χ4v) is 8.56. The summed E-state index contributed by atoms with van der Waals surface area (Å²) in [4.78, 5) is 10.6. The first-order chi connectivity index (χ1) is 26.8. The Hall–Kier alpha value is -6.14. The molecule has 1 aliphatic rings. The van der Waals surface area contributed by atoms with Crippen molar-refractivity contribution in [1.82, 2.24) is 9.13 Å². The van der Waals surface area contributed by atoms with Crippen molar-refractivity contribution >= 4 is 127 Å². The minimum atomic E-state index is 0.357. The van der Waals surface area contributed by atoms with Gasteiger partial charge in [0.15, 0.2) is 5.84 Å². The smallest absolute Gasteiger partial charge is 0.157 e. The molecule has 1 aliphatic carbocycles. The molecule has 0 spiro atoms. The highest BCUT2D eigenvalue weighted by Crippen LogP contribution is 2.40. The number of amidine groups is 2. The molecule has 0 unspecified atom stereocenters. The molecule has 0 aliphatic heterocycles. The van der Waals surface area contributed by atoms with Gasteiger partial charge in [0.25, 0.3) is 0 Å². The molecule has 2 heterocycles. The van der Waals surface area contributed by atoms with Gasteiger partial charge in [-0.3, -0.25) is 0 Å². The van der Waals surface area contributed by atoms with Crippen LogP contribution < -0.4 is 33.0 Å². The van der Waals surface area contributed by atoms with E-state index in [4.69, 9.17) is 15.7 Å². The third kappa shape index (κ3) is 5.79. The minimum Gasteiger partial charge on any atom is -0.383 e. The average Bonchev–Trinajstić information content (AvgIpc) is 3.74. The number of fused-ring (bicyclic) bond motifs is 7. The highest BCUT2D eigenvalue weighted by Gasteiger charge is 2.22. The van der Waals surface area contributed by atoms with Crippen molar-refractivity contribution in [3.8, 4) is 5.69 Å². The number of hydrogen-bond donors (Lipinski definition) is 1. The molecule has 6 aromatic carbocycles. The molecule has 2 aromatic heterocycles. The number of benzene rings is 6. The fraction of sp³-hybridized carbons (Fsp3) is 0.0667. The maximum Gasteiger partial charge on any atom is 0.157 e. The first kappa shape index (κ1) is 34.6. The fourth-order valence-electron chi connectivity index (χ4n) is 8.56. The van der Waals surface area contributed by atoms with Crippen molar-refractivity contribution in [1.29, 1.82) is 0 Å². The lowest BCUT2D eigenvalue weighted by molar-refractivity contribution is 0.792. The second-order valence-corrected chi connectivity index (χ2v) is 14.8. The molecule has 8 aromatic rings. The van der Waals surface area contributed by atoms with Gasteiger partial charge in [-0.25, -0.2) is 9.98 Å². The monoisotopic (exact) mass is 705 g/mol. The Balaban J connectivity index is 1.31. The molecule has 2 N–H and O–H groups in total. The second-order valence-electron chi connectivity index (χ2n) is 14.8. The minimum absolute atomic E-state index is 0.357. The molecule has 55 heavy (non-hydrogen) atoms. The molecule has 10 heteroatoms. The Kier molecular flexibility index (Phi) is 8.77. The Morgan fingerprint density at radius 3 is 1.87 bits per heavy atom. The van der Waals surface area contributed by atoms with Crippen molar-refractivity contribution in [3.63, 3.8) is 0 Å². The van der Waals surface area contributed by atoms with Crippen LogP contribution in [0.2, 0.25) is 0 Å². The third-order valence-electron chi connectivity index (χ3n) is 11.9. The zero-order valence-electron chi connectivity index (χ0n) is 32.2. The highest BCUT2D eigenvalue weighted by molar-refractivity contribution is 6.68. The van der Waals surface area contributed by atoms with Crippen LogP contribution >= 0.6 is 0 Å². The van der Waals surface area contributed by atoms with Gasteiger partial charge in [-0.2, -0.15) is 0 Å². The summed E-state index contributed by atoms with van der Waals surface area (Å²) in [5, 5.41) is 4.82. The molecule has 5 nitrogen and oxygen atoms in total. The van der Waals surface area contributed by atoms with Crippen LogP contribution in [0, 0.1) is 0 Å². The van der Waals surface area contributed by atoms with Crippen LogP contribution in [0.15, 0.2) is 143 Å². The zero-order valence-corrected chi connectivity index (χ0v) is 32.2. The first-order valence-electron chi connectivity index (χ1n) is 19.2. The van der Waals surface area contributed by atoms with Gasteiger partial charge in [0.05, 0.1) is 22.1 Å². The summed E-state index contributed by atoms with van der Waals surface area (Å²) in [6, 6.07) is 41.0. The predicted molar refractivity (Wildman–Crippen MR) is 251 cm³/mol. The van der Waals surface area contributed by atoms with Gasteiger partial charge < -0.3 is 14.9 Å². The number of para-hydroxylation sites is 2. The molecule has 0 amide bonds. The summed E-state index contributed by atoms with van der Waals surface area (Å²) in [5.74, 6) is 1.09. The van der Waals surface area contributed by atoms with E-state index in [-0.39, 0.29) is 0 Å².